The summed E-state index contributed by atoms with van der Waals surface area (Å²) >= 11 is 0. The Morgan fingerprint density at radius 2 is 1.80 bits per heavy atom. The lowest BCUT2D eigenvalue weighted by atomic mass is 9.85. The molecule has 1 N–H and O–H groups in total. The van der Waals surface area contributed by atoms with E-state index in [0.29, 0.717) is 18.0 Å². The van der Waals surface area contributed by atoms with Crippen LogP contribution in [0.1, 0.15) is 13.3 Å². The third-order valence-corrected chi connectivity index (χ3v) is 5.32. The first kappa shape index (κ1) is 15.9. The largest absolute Gasteiger partial charge is 0.492 e. The van der Waals surface area contributed by atoms with Crippen LogP contribution in [0.2, 0.25) is 0 Å². The molecule has 4 atom stereocenters. The summed E-state index contributed by atoms with van der Waals surface area (Å²) in [6.45, 7) is 2.10. The molecule has 130 valence electrons. The van der Waals surface area contributed by atoms with Crippen LogP contribution in [-0.4, -0.2) is 35.8 Å². The van der Waals surface area contributed by atoms with Gasteiger partial charge < -0.3 is 10.1 Å². The van der Waals surface area contributed by atoms with E-state index in [1.807, 2.05) is 25.1 Å². The number of anilines is 1. The first-order valence-electron chi connectivity index (χ1n) is 8.65. The molecule has 2 aliphatic carbocycles. The van der Waals surface area contributed by atoms with Gasteiger partial charge in [-0.3, -0.25) is 19.3 Å². The zero-order valence-corrected chi connectivity index (χ0v) is 14.0. The average molecular weight is 340 g/mol. The van der Waals surface area contributed by atoms with Crippen LogP contribution in [0, 0.1) is 23.7 Å². The Morgan fingerprint density at radius 1 is 1.16 bits per heavy atom. The fraction of sp³-hybridized carbons (Fsp3) is 0.421. The van der Waals surface area contributed by atoms with Crippen LogP contribution in [-0.2, 0) is 14.4 Å². The number of nitrogens with one attached hydrogen (secondary N) is 1. The second-order valence-corrected chi connectivity index (χ2v) is 6.74. The molecule has 0 spiro atoms. The van der Waals surface area contributed by atoms with Crippen molar-refractivity contribution in [1.82, 2.24) is 4.90 Å². The number of likely N-dealkylation sites (tertiary alicyclic amines) is 1. The molecule has 1 aromatic rings. The van der Waals surface area contributed by atoms with Gasteiger partial charge in [0.1, 0.15) is 12.3 Å². The summed E-state index contributed by atoms with van der Waals surface area (Å²) in [5.41, 5.74) is 0.537. The second-order valence-electron chi connectivity index (χ2n) is 6.74. The van der Waals surface area contributed by atoms with E-state index in [4.69, 9.17) is 4.74 Å². The fourth-order valence-electron chi connectivity index (χ4n) is 4.30. The lowest BCUT2D eigenvalue weighted by molar-refractivity contribution is -0.143. The number of carbonyl (C=O) groups excluding carboxylic acids is 3. The molecule has 4 rings (SSSR count). The molecule has 25 heavy (non-hydrogen) atoms. The van der Waals surface area contributed by atoms with Gasteiger partial charge in [-0.05, 0) is 37.3 Å². The van der Waals surface area contributed by atoms with Gasteiger partial charge in [-0.1, -0.05) is 24.3 Å². The Balaban J connectivity index is 1.46. The number of hydrogen-bond acceptors (Lipinski definition) is 4. The normalized spacial score (nSPS) is 29.2. The third kappa shape index (κ3) is 2.52. The van der Waals surface area contributed by atoms with Gasteiger partial charge in [-0.2, -0.15) is 0 Å². The molecule has 3 aliphatic rings. The number of benzene rings is 1. The van der Waals surface area contributed by atoms with Gasteiger partial charge in [0, 0.05) is 0 Å². The summed E-state index contributed by atoms with van der Waals surface area (Å²) < 4.78 is 5.48. The van der Waals surface area contributed by atoms with Crippen molar-refractivity contribution in [1.29, 1.82) is 0 Å². The van der Waals surface area contributed by atoms with Crippen LogP contribution in [0.3, 0.4) is 0 Å². The van der Waals surface area contributed by atoms with E-state index in [2.05, 4.69) is 5.32 Å². The summed E-state index contributed by atoms with van der Waals surface area (Å²) in [4.78, 5) is 38.7. The fourth-order valence-corrected chi connectivity index (χ4v) is 4.30. The molecule has 2 bridgehead atoms. The monoisotopic (exact) mass is 340 g/mol. The molecule has 0 unspecified atom stereocenters. The van der Waals surface area contributed by atoms with Crippen LogP contribution in [0.5, 0.6) is 5.75 Å². The number of carbonyl (C=O) groups is 3. The van der Waals surface area contributed by atoms with Gasteiger partial charge in [0.25, 0.3) is 0 Å². The topological polar surface area (TPSA) is 75.7 Å². The van der Waals surface area contributed by atoms with Crippen molar-refractivity contribution in [3.63, 3.8) is 0 Å². The minimum Gasteiger partial charge on any atom is -0.492 e. The first-order valence-corrected chi connectivity index (χ1v) is 8.65. The number of nitrogens with zero attached hydrogens (tertiary/aromatic N) is 1. The Labute approximate surface area is 145 Å². The smallest absolute Gasteiger partial charge is 0.244 e. The Kier molecular flexibility index (Phi) is 3.82. The lowest BCUT2D eigenvalue weighted by Crippen LogP contribution is -2.39. The van der Waals surface area contributed by atoms with E-state index in [0.717, 1.165) is 11.3 Å². The molecular weight excluding hydrogens is 320 g/mol. The molecule has 1 saturated heterocycles. The van der Waals surface area contributed by atoms with E-state index in [-0.39, 0.29) is 42.0 Å². The van der Waals surface area contributed by atoms with Crippen molar-refractivity contribution in [2.45, 2.75) is 13.3 Å². The molecule has 0 radical (unpaired) electrons. The van der Waals surface area contributed by atoms with Crippen molar-refractivity contribution < 1.29 is 19.1 Å². The molecule has 3 amide bonds. The molecule has 6 nitrogen and oxygen atoms in total. The van der Waals surface area contributed by atoms with Crippen LogP contribution in [0.15, 0.2) is 36.4 Å². The number of hydrogen-bond donors (Lipinski definition) is 1. The van der Waals surface area contributed by atoms with Gasteiger partial charge >= 0.3 is 0 Å². The van der Waals surface area contributed by atoms with Crippen molar-refractivity contribution in [2.75, 3.05) is 18.5 Å². The molecule has 0 aromatic heterocycles. The average Bonchev–Trinajstić information content (AvgIpc) is 3.27. The molecular formula is C19H20N2O4. The number of allylic oxidation sites excluding steroid dienone is 2. The molecule has 1 heterocycles. The maximum absolute atomic E-state index is 12.6. The number of rotatable bonds is 5. The lowest BCUT2D eigenvalue weighted by Gasteiger charge is -2.17. The molecule has 1 aromatic carbocycles. The van der Waals surface area contributed by atoms with Crippen LogP contribution >= 0.6 is 0 Å². The van der Waals surface area contributed by atoms with Gasteiger partial charge in [0.05, 0.1) is 24.1 Å². The summed E-state index contributed by atoms with van der Waals surface area (Å²) in [7, 11) is 0. The zero-order valence-electron chi connectivity index (χ0n) is 14.0. The van der Waals surface area contributed by atoms with Crippen molar-refractivity contribution in [2.24, 2.45) is 23.7 Å². The highest BCUT2D eigenvalue weighted by atomic mass is 16.5. The number of ether oxygens (including phenoxy) is 1. The van der Waals surface area contributed by atoms with E-state index in [1.54, 1.807) is 18.2 Å². The predicted molar refractivity (Wildman–Crippen MR) is 90.7 cm³/mol. The quantitative estimate of drug-likeness (QED) is 0.655. The Bertz CT molecular complexity index is 742. The molecule has 2 fully saturated rings. The molecule has 6 heteroatoms. The van der Waals surface area contributed by atoms with Crippen LogP contribution in [0.25, 0.3) is 0 Å². The Morgan fingerprint density at radius 3 is 2.44 bits per heavy atom. The maximum Gasteiger partial charge on any atom is 0.244 e. The van der Waals surface area contributed by atoms with E-state index in [9.17, 15) is 14.4 Å². The zero-order chi connectivity index (χ0) is 17.6. The van der Waals surface area contributed by atoms with Crippen molar-refractivity contribution >= 4 is 23.4 Å². The summed E-state index contributed by atoms with van der Waals surface area (Å²) in [5.74, 6) is -0.487. The molecule has 1 saturated carbocycles. The van der Waals surface area contributed by atoms with E-state index in [1.165, 1.54) is 0 Å². The molecule has 1 aliphatic heterocycles. The summed E-state index contributed by atoms with van der Waals surface area (Å²) in [5, 5.41) is 2.74. The maximum atomic E-state index is 12.6. The summed E-state index contributed by atoms with van der Waals surface area (Å²) in [6.07, 6.45) is 4.96. The summed E-state index contributed by atoms with van der Waals surface area (Å²) in [6, 6.07) is 7.10. The van der Waals surface area contributed by atoms with E-state index < -0.39 is 5.91 Å². The third-order valence-electron chi connectivity index (χ3n) is 5.32. The van der Waals surface area contributed by atoms with Crippen molar-refractivity contribution in [3.05, 3.63) is 36.4 Å². The second kappa shape index (κ2) is 6.02. The van der Waals surface area contributed by atoms with Crippen molar-refractivity contribution in [3.8, 4) is 5.75 Å². The van der Waals surface area contributed by atoms with Gasteiger partial charge in [0.15, 0.2) is 0 Å². The standard InChI is InChI=1S/C19H20N2O4/c1-2-25-14-6-4-3-5-13(14)20-15(22)10-21-18(23)16-11-7-8-12(9-11)17(16)19(21)24/h3-8,11-12,16-17H,2,9-10H2,1H3,(H,20,22)/t11-,12-,16-,17+/m0/s1. The van der Waals surface area contributed by atoms with Crippen LogP contribution in [0.4, 0.5) is 5.69 Å². The predicted octanol–water partition coefficient (Wildman–Crippen LogP) is 1.83. The number of para-hydroxylation sites is 2. The van der Waals surface area contributed by atoms with Gasteiger partial charge in [-0.15, -0.1) is 0 Å². The number of amides is 3. The number of imide groups is 1. The number of fused-ring (bicyclic) bond motifs is 5. The highest BCUT2D eigenvalue weighted by Crippen LogP contribution is 2.52. The Hall–Kier alpha value is -2.63. The van der Waals surface area contributed by atoms with Crippen LogP contribution < -0.4 is 10.1 Å². The van der Waals surface area contributed by atoms with E-state index >= 15 is 0 Å². The first-order chi connectivity index (χ1) is 12.1. The highest BCUT2D eigenvalue weighted by molar-refractivity contribution is 6.09. The van der Waals surface area contributed by atoms with Gasteiger partial charge in [0.2, 0.25) is 17.7 Å². The minimum atomic E-state index is -0.394. The van der Waals surface area contributed by atoms with Gasteiger partial charge in [-0.25, -0.2) is 0 Å². The minimum absolute atomic E-state index is 0.151. The highest BCUT2D eigenvalue weighted by Gasteiger charge is 2.59. The SMILES string of the molecule is CCOc1ccccc1NC(=O)CN1C(=O)[C@@H]2[C@H](C1=O)[C@H]1C=C[C@H]2C1.